The molecule has 2 N–H and O–H groups in total. The van der Waals surface area contributed by atoms with Crippen molar-refractivity contribution in [1.82, 2.24) is 15.5 Å². The van der Waals surface area contributed by atoms with E-state index in [0.717, 1.165) is 31.2 Å². The van der Waals surface area contributed by atoms with E-state index in [-0.39, 0.29) is 5.91 Å². The Hall–Kier alpha value is -2.77. The Morgan fingerprint density at radius 1 is 0.838 bits per heavy atom. The summed E-state index contributed by atoms with van der Waals surface area (Å²) in [6.45, 7) is 14.5. The number of carbonyl (C=O) groups is 3. The molecule has 1 rings (SSSR count). The molecule has 1 aromatic rings. The van der Waals surface area contributed by atoms with E-state index < -0.39 is 29.4 Å². The van der Waals surface area contributed by atoms with Gasteiger partial charge >= 0.3 is 12.2 Å². The van der Waals surface area contributed by atoms with Crippen molar-refractivity contribution in [2.24, 2.45) is 0 Å². The summed E-state index contributed by atoms with van der Waals surface area (Å²) in [5.74, 6) is -0.119. The summed E-state index contributed by atoms with van der Waals surface area (Å²) < 4.78 is 10.7. The van der Waals surface area contributed by atoms with Crippen LogP contribution in [0, 0.1) is 0 Å². The Balaban J connectivity index is 2.86. The quantitative estimate of drug-likeness (QED) is 0.286. The smallest absolute Gasteiger partial charge is 0.408 e. The number of nitrogens with one attached hydrogen (secondary N) is 2. The molecule has 1 aromatic carbocycles. The van der Waals surface area contributed by atoms with Crippen molar-refractivity contribution in [3.8, 4) is 0 Å². The normalized spacial score (nSPS) is 12.4. The van der Waals surface area contributed by atoms with E-state index in [4.69, 9.17) is 9.47 Å². The summed E-state index contributed by atoms with van der Waals surface area (Å²) >= 11 is 0. The maximum Gasteiger partial charge on any atom is 0.408 e. The molecule has 1 unspecified atom stereocenters. The molecule has 0 spiro atoms. The monoisotopic (exact) mass is 519 g/mol. The second kappa shape index (κ2) is 16.2. The molecule has 8 nitrogen and oxygen atoms in total. The van der Waals surface area contributed by atoms with Gasteiger partial charge in [-0.05, 0) is 72.8 Å². The predicted octanol–water partition coefficient (Wildman–Crippen LogP) is 6.18. The van der Waals surface area contributed by atoms with Crippen LogP contribution < -0.4 is 10.6 Å². The first-order chi connectivity index (χ1) is 17.3. The molecule has 3 amide bonds. The standard InChI is InChI=1S/C29H49N3O5/c1-8-9-10-16-21-32(22-23-17-12-11-13-18-23)25(33)24(31-27(35)37-29(5,6)7)19-14-15-20-30-26(34)36-28(2,3)4/h11-13,17-18,24H,8-10,14-16,19-22H2,1-7H3,(H,30,34)(H,31,35). The fraction of sp³-hybridized carbons (Fsp3) is 0.690. The lowest BCUT2D eigenvalue weighted by molar-refractivity contribution is -0.134. The molecule has 37 heavy (non-hydrogen) atoms. The lowest BCUT2D eigenvalue weighted by Gasteiger charge is -2.29. The third-order valence-electron chi connectivity index (χ3n) is 5.39. The number of ether oxygens (including phenoxy) is 2. The van der Waals surface area contributed by atoms with Crippen molar-refractivity contribution >= 4 is 18.1 Å². The second-order valence-corrected chi connectivity index (χ2v) is 11.4. The van der Waals surface area contributed by atoms with E-state index in [1.807, 2.05) is 56.0 Å². The van der Waals surface area contributed by atoms with Gasteiger partial charge in [0.2, 0.25) is 5.91 Å². The van der Waals surface area contributed by atoms with E-state index in [0.29, 0.717) is 38.9 Å². The van der Waals surface area contributed by atoms with Gasteiger partial charge in [-0.25, -0.2) is 9.59 Å². The number of hydrogen-bond acceptors (Lipinski definition) is 5. The summed E-state index contributed by atoms with van der Waals surface area (Å²) in [4.78, 5) is 40.0. The number of alkyl carbamates (subject to hydrolysis) is 2. The highest BCUT2D eigenvalue weighted by atomic mass is 16.6. The first-order valence-corrected chi connectivity index (χ1v) is 13.6. The van der Waals surface area contributed by atoms with Crippen molar-refractivity contribution in [3.05, 3.63) is 35.9 Å². The van der Waals surface area contributed by atoms with Gasteiger partial charge in [0.25, 0.3) is 0 Å². The number of benzene rings is 1. The third kappa shape index (κ3) is 15.8. The highest BCUT2D eigenvalue weighted by Gasteiger charge is 2.28. The molecule has 1 atom stereocenters. The molecule has 0 aliphatic rings. The highest BCUT2D eigenvalue weighted by molar-refractivity contribution is 5.85. The predicted molar refractivity (Wildman–Crippen MR) is 147 cm³/mol. The van der Waals surface area contributed by atoms with Gasteiger partial charge in [0.15, 0.2) is 0 Å². The molecule has 0 heterocycles. The Bertz CT molecular complexity index is 815. The van der Waals surface area contributed by atoms with Crippen LogP contribution in [0.2, 0.25) is 0 Å². The molecule has 0 aliphatic heterocycles. The third-order valence-corrected chi connectivity index (χ3v) is 5.39. The van der Waals surface area contributed by atoms with Crippen LogP contribution in [-0.2, 0) is 20.8 Å². The van der Waals surface area contributed by atoms with Crippen molar-refractivity contribution < 1.29 is 23.9 Å². The summed E-state index contributed by atoms with van der Waals surface area (Å²) in [5, 5.41) is 5.55. The molecule has 0 bridgehead atoms. The van der Waals surface area contributed by atoms with E-state index in [1.54, 1.807) is 20.8 Å². The van der Waals surface area contributed by atoms with Gasteiger partial charge < -0.3 is 25.0 Å². The summed E-state index contributed by atoms with van der Waals surface area (Å²) in [6, 6.07) is 9.17. The number of amides is 3. The topological polar surface area (TPSA) is 97.0 Å². The van der Waals surface area contributed by atoms with E-state index in [9.17, 15) is 14.4 Å². The minimum atomic E-state index is -0.716. The number of rotatable bonds is 14. The lowest BCUT2D eigenvalue weighted by Crippen LogP contribution is -2.49. The molecule has 0 aliphatic carbocycles. The van der Waals surface area contributed by atoms with Crippen LogP contribution >= 0.6 is 0 Å². The van der Waals surface area contributed by atoms with Crippen molar-refractivity contribution in [2.75, 3.05) is 13.1 Å². The molecule has 210 valence electrons. The molecule has 0 saturated heterocycles. The molecule has 0 aromatic heterocycles. The fourth-order valence-electron chi connectivity index (χ4n) is 3.71. The summed E-state index contributed by atoms with van der Waals surface area (Å²) in [5.41, 5.74) is -0.180. The average molecular weight is 520 g/mol. The van der Waals surface area contributed by atoms with Crippen LogP contribution in [0.15, 0.2) is 30.3 Å². The van der Waals surface area contributed by atoms with Crippen LogP contribution in [0.3, 0.4) is 0 Å². The molecule has 0 saturated carbocycles. The van der Waals surface area contributed by atoms with E-state index in [2.05, 4.69) is 17.6 Å². The molecule has 8 heteroatoms. The van der Waals surface area contributed by atoms with Crippen LogP contribution in [0.25, 0.3) is 0 Å². The fourth-order valence-corrected chi connectivity index (χ4v) is 3.71. The zero-order chi connectivity index (χ0) is 27.9. The Morgan fingerprint density at radius 2 is 1.46 bits per heavy atom. The maximum absolute atomic E-state index is 13.7. The van der Waals surface area contributed by atoms with Crippen LogP contribution in [0.5, 0.6) is 0 Å². The molecular weight excluding hydrogens is 470 g/mol. The number of unbranched alkanes of at least 4 members (excludes halogenated alkanes) is 4. The Kier molecular flexibility index (Phi) is 14.1. The zero-order valence-corrected chi connectivity index (χ0v) is 24.0. The van der Waals surface area contributed by atoms with Crippen LogP contribution in [-0.4, -0.2) is 53.3 Å². The Morgan fingerprint density at radius 3 is 2.05 bits per heavy atom. The Labute approximate surface area is 223 Å². The highest BCUT2D eigenvalue weighted by Crippen LogP contribution is 2.14. The van der Waals surface area contributed by atoms with Gasteiger partial charge in [0.1, 0.15) is 17.2 Å². The first kappa shape index (κ1) is 32.3. The van der Waals surface area contributed by atoms with E-state index in [1.165, 1.54) is 0 Å². The van der Waals surface area contributed by atoms with Crippen molar-refractivity contribution in [1.29, 1.82) is 0 Å². The van der Waals surface area contributed by atoms with Crippen LogP contribution in [0.1, 0.15) is 99.0 Å². The number of nitrogens with zero attached hydrogens (tertiary/aromatic N) is 1. The average Bonchev–Trinajstić information content (AvgIpc) is 2.78. The maximum atomic E-state index is 13.7. The minimum Gasteiger partial charge on any atom is -0.444 e. The first-order valence-electron chi connectivity index (χ1n) is 13.6. The zero-order valence-electron chi connectivity index (χ0n) is 24.0. The summed E-state index contributed by atoms with van der Waals surface area (Å²) in [7, 11) is 0. The molecule has 0 radical (unpaired) electrons. The van der Waals surface area contributed by atoms with Crippen molar-refractivity contribution in [2.45, 2.75) is 117 Å². The summed E-state index contributed by atoms with van der Waals surface area (Å²) in [6.07, 6.45) is 4.85. The second-order valence-electron chi connectivity index (χ2n) is 11.4. The van der Waals surface area contributed by atoms with Crippen LogP contribution in [0.4, 0.5) is 9.59 Å². The van der Waals surface area contributed by atoms with Gasteiger partial charge in [-0.15, -0.1) is 0 Å². The minimum absolute atomic E-state index is 0.119. The number of carbonyl (C=O) groups excluding carboxylic acids is 3. The SMILES string of the molecule is CCCCCCN(Cc1ccccc1)C(=O)C(CCCCNC(=O)OC(C)(C)C)NC(=O)OC(C)(C)C. The van der Waals surface area contributed by atoms with E-state index >= 15 is 0 Å². The number of hydrogen-bond donors (Lipinski definition) is 2. The van der Waals surface area contributed by atoms with Gasteiger partial charge in [-0.1, -0.05) is 56.5 Å². The van der Waals surface area contributed by atoms with Gasteiger partial charge in [0, 0.05) is 19.6 Å². The van der Waals surface area contributed by atoms with Crippen molar-refractivity contribution in [3.63, 3.8) is 0 Å². The molecule has 0 fully saturated rings. The molecular formula is C29H49N3O5. The largest absolute Gasteiger partial charge is 0.444 e. The lowest BCUT2D eigenvalue weighted by atomic mass is 10.1. The van der Waals surface area contributed by atoms with Gasteiger partial charge in [-0.3, -0.25) is 4.79 Å². The van der Waals surface area contributed by atoms with Gasteiger partial charge in [0.05, 0.1) is 0 Å². The van der Waals surface area contributed by atoms with Gasteiger partial charge in [-0.2, -0.15) is 0 Å².